The van der Waals surface area contributed by atoms with Crippen molar-refractivity contribution in [3.8, 4) is 16.9 Å². The first-order chi connectivity index (χ1) is 16.0. The molecule has 0 heterocycles. The molecule has 0 aromatic heterocycles. The van der Waals surface area contributed by atoms with Crippen LogP contribution in [0.4, 0.5) is 5.69 Å². The average Bonchev–Trinajstić information content (AvgIpc) is 2.81. The summed E-state index contributed by atoms with van der Waals surface area (Å²) in [6, 6.07) is 23.9. The lowest BCUT2D eigenvalue weighted by Crippen LogP contribution is -2.17. The van der Waals surface area contributed by atoms with E-state index in [1.54, 1.807) is 24.3 Å². The van der Waals surface area contributed by atoms with Crippen molar-refractivity contribution in [2.75, 3.05) is 32.2 Å². The van der Waals surface area contributed by atoms with Crippen LogP contribution in [0, 0.1) is 0 Å². The molecular formula is C27H30N2O4. The second kappa shape index (κ2) is 11.7. The van der Waals surface area contributed by atoms with E-state index in [4.69, 9.17) is 14.7 Å². The summed E-state index contributed by atoms with van der Waals surface area (Å²) in [6.45, 7) is 2.61. The van der Waals surface area contributed by atoms with E-state index in [1.165, 1.54) is 11.3 Å². The molecule has 33 heavy (non-hydrogen) atoms. The predicted molar refractivity (Wildman–Crippen MR) is 132 cm³/mol. The highest BCUT2D eigenvalue weighted by molar-refractivity contribution is 5.71. The van der Waals surface area contributed by atoms with Gasteiger partial charge < -0.3 is 14.7 Å². The smallest absolute Gasteiger partial charge is 0.307 e. The molecule has 3 rings (SSSR count). The summed E-state index contributed by atoms with van der Waals surface area (Å²) in [7, 11) is 4.06. The van der Waals surface area contributed by atoms with E-state index in [1.807, 2.05) is 27.1 Å². The van der Waals surface area contributed by atoms with Crippen LogP contribution >= 0.6 is 0 Å². The second-order valence-electron chi connectivity index (χ2n) is 7.74. The van der Waals surface area contributed by atoms with Crippen molar-refractivity contribution in [2.45, 2.75) is 13.3 Å². The molecule has 0 fully saturated rings. The highest BCUT2D eigenvalue weighted by Crippen LogP contribution is 2.24. The number of hydroxylamine groups is 1. The first-order valence-electron chi connectivity index (χ1n) is 10.8. The van der Waals surface area contributed by atoms with E-state index in [0.29, 0.717) is 24.5 Å². The number of ether oxygens (including phenoxy) is 1. The molecule has 0 amide bonds. The summed E-state index contributed by atoms with van der Waals surface area (Å²) in [4.78, 5) is 18.5. The SMILES string of the molecule is CC=C(NOCCOc1cccc(CC(=O)O)c1)c1ccc(-c2ccc(N(C)C)cc2)cc1. The van der Waals surface area contributed by atoms with Gasteiger partial charge in [-0.3, -0.25) is 15.1 Å². The summed E-state index contributed by atoms with van der Waals surface area (Å²) in [5, 5.41) is 8.90. The molecule has 0 spiro atoms. The Morgan fingerprint density at radius 1 is 0.970 bits per heavy atom. The monoisotopic (exact) mass is 446 g/mol. The second-order valence-corrected chi connectivity index (χ2v) is 7.74. The molecule has 0 aliphatic carbocycles. The molecule has 2 N–H and O–H groups in total. The Kier molecular flexibility index (Phi) is 8.49. The molecular weight excluding hydrogens is 416 g/mol. The van der Waals surface area contributed by atoms with Crippen LogP contribution in [0.25, 0.3) is 16.8 Å². The summed E-state index contributed by atoms with van der Waals surface area (Å²) in [5.74, 6) is -0.244. The van der Waals surface area contributed by atoms with Crippen molar-refractivity contribution in [3.05, 3.63) is 90.0 Å². The molecule has 6 nitrogen and oxygen atoms in total. The van der Waals surface area contributed by atoms with Crippen LogP contribution in [-0.2, 0) is 16.1 Å². The highest BCUT2D eigenvalue weighted by atomic mass is 16.7. The number of nitrogens with zero attached hydrogens (tertiary/aromatic N) is 1. The fraction of sp³-hybridized carbons (Fsp3) is 0.222. The van der Waals surface area contributed by atoms with Gasteiger partial charge >= 0.3 is 5.97 Å². The molecule has 0 unspecified atom stereocenters. The topological polar surface area (TPSA) is 71.0 Å². The normalized spacial score (nSPS) is 11.2. The number of hydrogen-bond donors (Lipinski definition) is 2. The quantitative estimate of drug-likeness (QED) is 0.319. The lowest BCUT2D eigenvalue weighted by atomic mass is 10.0. The van der Waals surface area contributed by atoms with Gasteiger partial charge in [-0.05, 0) is 53.4 Å². The van der Waals surface area contributed by atoms with E-state index in [9.17, 15) is 4.79 Å². The fourth-order valence-electron chi connectivity index (χ4n) is 3.33. The molecule has 0 aliphatic heterocycles. The molecule has 0 atom stereocenters. The lowest BCUT2D eigenvalue weighted by molar-refractivity contribution is -0.136. The number of nitrogens with one attached hydrogen (secondary N) is 1. The number of aliphatic carboxylic acids is 1. The number of anilines is 1. The molecule has 3 aromatic rings. The standard InChI is InChI=1S/C27H30N2O4/c1-4-26(28-33-17-16-32-25-7-5-6-20(18-25)19-27(30)31)23-10-8-21(9-11-23)22-12-14-24(15-13-22)29(2)3/h4-15,18,28H,16-17,19H2,1-3H3,(H,30,31). The van der Waals surface area contributed by atoms with Crippen LogP contribution in [0.5, 0.6) is 5.75 Å². The van der Waals surface area contributed by atoms with Gasteiger partial charge in [-0.15, -0.1) is 0 Å². The lowest BCUT2D eigenvalue weighted by Gasteiger charge is -2.14. The van der Waals surface area contributed by atoms with Crippen molar-refractivity contribution in [2.24, 2.45) is 0 Å². The van der Waals surface area contributed by atoms with Gasteiger partial charge in [0.2, 0.25) is 0 Å². The molecule has 0 saturated carbocycles. The van der Waals surface area contributed by atoms with Gasteiger partial charge in [0.25, 0.3) is 0 Å². The summed E-state index contributed by atoms with van der Waals surface area (Å²) >= 11 is 0. The maximum atomic E-state index is 10.8. The Bertz CT molecular complexity index is 1070. The van der Waals surface area contributed by atoms with Crippen molar-refractivity contribution < 1.29 is 19.5 Å². The third-order valence-electron chi connectivity index (χ3n) is 5.09. The number of carboxylic acids is 1. The minimum absolute atomic E-state index is 0.0277. The minimum atomic E-state index is -0.867. The fourth-order valence-corrected chi connectivity index (χ4v) is 3.33. The molecule has 6 heteroatoms. The Hall–Kier alpha value is -3.77. The Morgan fingerprint density at radius 2 is 1.64 bits per heavy atom. The highest BCUT2D eigenvalue weighted by Gasteiger charge is 2.05. The van der Waals surface area contributed by atoms with E-state index in [-0.39, 0.29) is 6.42 Å². The zero-order chi connectivity index (χ0) is 23.6. The average molecular weight is 447 g/mol. The molecule has 3 aromatic carbocycles. The van der Waals surface area contributed by atoms with Crippen LogP contribution in [-0.4, -0.2) is 38.4 Å². The minimum Gasteiger partial charge on any atom is -0.491 e. The third kappa shape index (κ3) is 7.12. The van der Waals surface area contributed by atoms with Gasteiger partial charge in [-0.25, -0.2) is 0 Å². The number of allylic oxidation sites excluding steroid dienone is 1. The molecule has 0 radical (unpaired) electrons. The van der Waals surface area contributed by atoms with Crippen LogP contribution in [0.1, 0.15) is 18.1 Å². The van der Waals surface area contributed by atoms with E-state index < -0.39 is 5.97 Å². The van der Waals surface area contributed by atoms with Gasteiger partial charge in [0.05, 0.1) is 12.1 Å². The summed E-state index contributed by atoms with van der Waals surface area (Å²) in [5.41, 5.74) is 9.07. The van der Waals surface area contributed by atoms with Gasteiger partial charge in [0, 0.05) is 19.8 Å². The van der Waals surface area contributed by atoms with Crippen LogP contribution in [0.2, 0.25) is 0 Å². The van der Waals surface area contributed by atoms with Crippen molar-refractivity contribution >= 4 is 17.4 Å². The van der Waals surface area contributed by atoms with Gasteiger partial charge in [0.1, 0.15) is 19.0 Å². The van der Waals surface area contributed by atoms with Gasteiger partial charge in [-0.1, -0.05) is 54.6 Å². The van der Waals surface area contributed by atoms with Crippen LogP contribution in [0.15, 0.2) is 78.9 Å². The van der Waals surface area contributed by atoms with Gasteiger partial charge in [-0.2, -0.15) is 0 Å². The van der Waals surface area contributed by atoms with E-state index >= 15 is 0 Å². The molecule has 0 saturated heterocycles. The van der Waals surface area contributed by atoms with E-state index in [0.717, 1.165) is 16.8 Å². The maximum absolute atomic E-state index is 10.8. The molecule has 0 aliphatic rings. The zero-order valence-electron chi connectivity index (χ0n) is 19.2. The first-order valence-corrected chi connectivity index (χ1v) is 10.8. The molecule has 0 bridgehead atoms. The number of carboxylic acid groups (broad SMARTS) is 1. The Labute approximate surface area is 195 Å². The third-order valence-corrected chi connectivity index (χ3v) is 5.09. The van der Waals surface area contributed by atoms with Crippen molar-refractivity contribution in [1.82, 2.24) is 5.48 Å². The predicted octanol–water partition coefficient (Wildman–Crippen LogP) is 5.01. The Morgan fingerprint density at radius 3 is 2.24 bits per heavy atom. The number of hydrogen-bond acceptors (Lipinski definition) is 5. The van der Waals surface area contributed by atoms with Crippen molar-refractivity contribution in [3.63, 3.8) is 0 Å². The largest absolute Gasteiger partial charge is 0.491 e. The zero-order valence-corrected chi connectivity index (χ0v) is 19.2. The first kappa shape index (κ1) is 23.9. The summed E-state index contributed by atoms with van der Waals surface area (Å²) in [6.07, 6.45) is 1.93. The van der Waals surface area contributed by atoms with E-state index in [2.05, 4.69) is 58.9 Å². The van der Waals surface area contributed by atoms with Crippen molar-refractivity contribution in [1.29, 1.82) is 0 Å². The number of carbonyl (C=O) groups is 1. The van der Waals surface area contributed by atoms with Crippen LogP contribution in [0.3, 0.4) is 0 Å². The summed E-state index contributed by atoms with van der Waals surface area (Å²) < 4.78 is 5.66. The van der Waals surface area contributed by atoms with Crippen LogP contribution < -0.4 is 15.1 Å². The Balaban J connectivity index is 1.48. The van der Waals surface area contributed by atoms with Gasteiger partial charge in [0.15, 0.2) is 0 Å². The number of rotatable bonds is 11. The molecule has 172 valence electrons. The number of benzene rings is 3. The maximum Gasteiger partial charge on any atom is 0.307 e.